The monoisotopic (exact) mass is 276 g/mol. The van der Waals surface area contributed by atoms with Gasteiger partial charge in [0.25, 0.3) is 0 Å². The van der Waals surface area contributed by atoms with E-state index in [1.165, 1.54) is 11.3 Å². The van der Waals surface area contributed by atoms with Gasteiger partial charge in [-0.15, -0.1) is 11.6 Å². The van der Waals surface area contributed by atoms with Crippen molar-refractivity contribution in [2.45, 2.75) is 5.88 Å². The molecule has 0 unspecified atom stereocenters. The molecule has 1 N–H and O–H groups in total. The summed E-state index contributed by atoms with van der Waals surface area (Å²) in [5, 5.41) is 10.7. The SMILES string of the molecule is Oc1cc2ccc(CCl)c(Br)c2s1. The van der Waals surface area contributed by atoms with Gasteiger partial charge in [-0.25, -0.2) is 0 Å². The van der Waals surface area contributed by atoms with Crippen LogP contribution in [-0.2, 0) is 5.88 Å². The van der Waals surface area contributed by atoms with E-state index in [-0.39, 0.29) is 0 Å². The average molecular weight is 278 g/mol. The van der Waals surface area contributed by atoms with Crippen LogP contribution < -0.4 is 0 Å². The molecular weight excluding hydrogens is 272 g/mol. The summed E-state index contributed by atoms with van der Waals surface area (Å²) < 4.78 is 2.04. The lowest BCUT2D eigenvalue weighted by Gasteiger charge is -1.99. The molecule has 0 aliphatic carbocycles. The van der Waals surface area contributed by atoms with Crippen LogP contribution in [0.2, 0.25) is 0 Å². The molecule has 1 aromatic heterocycles. The zero-order chi connectivity index (χ0) is 9.42. The van der Waals surface area contributed by atoms with Crippen LogP contribution in [0.15, 0.2) is 22.7 Å². The molecule has 4 heteroatoms. The Morgan fingerprint density at radius 2 is 2.23 bits per heavy atom. The van der Waals surface area contributed by atoms with E-state index in [1.807, 2.05) is 12.1 Å². The summed E-state index contributed by atoms with van der Waals surface area (Å²) in [6, 6.07) is 5.68. The first-order valence-corrected chi connectivity index (χ1v) is 5.82. The molecule has 0 spiro atoms. The van der Waals surface area contributed by atoms with Gasteiger partial charge in [0.05, 0.1) is 4.70 Å². The van der Waals surface area contributed by atoms with Crippen LogP contribution in [0.5, 0.6) is 5.06 Å². The molecule has 0 saturated carbocycles. The minimum Gasteiger partial charge on any atom is -0.499 e. The largest absolute Gasteiger partial charge is 0.499 e. The van der Waals surface area contributed by atoms with E-state index in [4.69, 9.17) is 11.6 Å². The molecule has 0 bridgehead atoms. The third kappa shape index (κ3) is 1.56. The first-order chi connectivity index (χ1) is 6.22. The Hall–Kier alpha value is -0.250. The van der Waals surface area contributed by atoms with Gasteiger partial charge >= 0.3 is 0 Å². The Morgan fingerprint density at radius 1 is 1.46 bits per heavy atom. The zero-order valence-electron chi connectivity index (χ0n) is 6.55. The average Bonchev–Trinajstić information content (AvgIpc) is 2.47. The first-order valence-electron chi connectivity index (χ1n) is 3.68. The number of hydrogen-bond acceptors (Lipinski definition) is 2. The van der Waals surface area contributed by atoms with Crippen LogP contribution in [0.4, 0.5) is 0 Å². The van der Waals surface area contributed by atoms with Crippen molar-refractivity contribution in [3.63, 3.8) is 0 Å². The lowest BCUT2D eigenvalue weighted by atomic mass is 10.2. The van der Waals surface area contributed by atoms with Gasteiger partial charge in [0.15, 0.2) is 5.06 Å². The first kappa shape index (κ1) is 9.31. The Morgan fingerprint density at radius 3 is 2.92 bits per heavy atom. The molecule has 0 saturated heterocycles. The number of rotatable bonds is 1. The molecule has 0 fully saturated rings. The smallest absolute Gasteiger partial charge is 0.172 e. The van der Waals surface area contributed by atoms with Gasteiger partial charge < -0.3 is 5.11 Å². The topological polar surface area (TPSA) is 20.2 Å². The van der Waals surface area contributed by atoms with Gasteiger partial charge in [0.2, 0.25) is 0 Å². The number of benzene rings is 1. The van der Waals surface area contributed by atoms with Crippen molar-refractivity contribution < 1.29 is 5.11 Å². The minimum atomic E-state index is 0.336. The Kier molecular flexibility index (Phi) is 2.49. The standard InChI is InChI=1S/C9H6BrClOS/c10-8-6(4-11)2-1-5-3-7(12)13-9(5)8/h1-3,12H,4H2. The highest BCUT2D eigenvalue weighted by molar-refractivity contribution is 9.10. The van der Waals surface area contributed by atoms with Crippen molar-refractivity contribution in [1.82, 2.24) is 0 Å². The van der Waals surface area contributed by atoms with Crippen LogP contribution in [0.1, 0.15) is 5.56 Å². The van der Waals surface area contributed by atoms with Gasteiger partial charge in [-0.1, -0.05) is 23.5 Å². The maximum atomic E-state index is 9.31. The van der Waals surface area contributed by atoms with Crippen molar-refractivity contribution >= 4 is 49.0 Å². The molecular formula is C9H6BrClOS. The molecule has 13 heavy (non-hydrogen) atoms. The Bertz CT molecular complexity index is 452. The number of hydrogen-bond donors (Lipinski definition) is 1. The predicted octanol–water partition coefficient (Wildman–Crippen LogP) is 4.11. The molecule has 1 aromatic carbocycles. The maximum absolute atomic E-state index is 9.31. The van der Waals surface area contributed by atoms with E-state index in [0.29, 0.717) is 10.9 Å². The number of halogens is 2. The molecule has 0 atom stereocenters. The Balaban J connectivity index is 2.78. The van der Waals surface area contributed by atoms with Crippen LogP contribution in [-0.4, -0.2) is 5.11 Å². The van der Waals surface area contributed by atoms with Gasteiger partial charge in [-0.05, 0) is 32.9 Å². The molecule has 2 rings (SSSR count). The van der Waals surface area contributed by atoms with E-state index >= 15 is 0 Å². The summed E-state index contributed by atoms with van der Waals surface area (Å²) in [6.45, 7) is 0. The van der Waals surface area contributed by atoms with Crippen LogP contribution in [0.25, 0.3) is 10.1 Å². The molecule has 68 valence electrons. The van der Waals surface area contributed by atoms with E-state index in [9.17, 15) is 5.11 Å². The van der Waals surface area contributed by atoms with E-state index in [2.05, 4.69) is 15.9 Å². The molecule has 0 aliphatic heterocycles. The van der Waals surface area contributed by atoms with E-state index in [1.54, 1.807) is 6.07 Å². The summed E-state index contributed by atoms with van der Waals surface area (Å²) in [5.74, 6) is 0.481. The number of fused-ring (bicyclic) bond motifs is 1. The highest BCUT2D eigenvalue weighted by Crippen LogP contribution is 2.37. The van der Waals surface area contributed by atoms with E-state index in [0.717, 1.165) is 20.1 Å². The zero-order valence-corrected chi connectivity index (χ0v) is 9.71. The second-order valence-corrected chi connectivity index (χ2v) is 4.77. The fourth-order valence-corrected chi connectivity index (χ4v) is 3.19. The molecule has 1 heterocycles. The van der Waals surface area contributed by atoms with Gasteiger partial charge in [0.1, 0.15) is 0 Å². The van der Waals surface area contributed by atoms with E-state index < -0.39 is 0 Å². The third-order valence-corrected chi connectivity index (χ3v) is 4.26. The summed E-state index contributed by atoms with van der Waals surface area (Å²) in [4.78, 5) is 0. The van der Waals surface area contributed by atoms with Crippen molar-refractivity contribution in [2.24, 2.45) is 0 Å². The lowest BCUT2D eigenvalue weighted by molar-refractivity contribution is 0.491. The fourth-order valence-electron chi connectivity index (χ4n) is 1.20. The van der Waals surface area contributed by atoms with Crippen molar-refractivity contribution in [3.05, 3.63) is 28.2 Å². The molecule has 2 aromatic rings. The summed E-state index contributed by atoms with van der Waals surface area (Å²) in [6.07, 6.45) is 0. The van der Waals surface area contributed by atoms with Gasteiger partial charge in [0, 0.05) is 10.4 Å². The van der Waals surface area contributed by atoms with Crippen molar-refractivity contribution in [3.8, 4) is 5.06 Å². The van der Waals surface area contributed by atoms with Gasteiger partial charge in [-0.2, -0.15) is 0 Å². The minimum absolute atomic E-state index is 0.336. The fraction of sp³-hybridized carbons (Fsp3) is 0.111. The third-order valence-electron chi connectivity index (χ3n) is 1.84. The predicted molar refractivity (Wildman–Crippen MR) is 60.7 cm³/mol. The highest BCUT2D eigenvalue weighted by Gasteiger charge is 2.07. The maximum Gasteiger partial charge on any atom is 0.172 e. The second-order valence-electron chi connectivity index (χ2n) is 2.68. The van der Waals surface area contributed by atoms with Crippen LogP contribution in [0, 0.1) is 0 Å². The number of aromatic hydroxyl groups is 1. The number of thiophene rings is 1. The Labute approximate surface area is 93.1 Å². The van der Waals surface area contributed by atoms with Crippen LogP contribution >= 0.6 is 38.9 Å². The number of alkyl halides is 1. The lowest BCUT2D eigenvalue weighted by Crippen LogP contribution is -1.78. The van der Waals surface area contributed by atoms with Crippen molar-refractivity contribution in [2.75, 3.05) is 0 Å². The summed E-state index contributed by atoms with van der Waals surface area (Å²) in [5.41, 5.74) is 1.05. The highest BCUT2D eigenvalue weighted by atomic mass is 79.9. The second kappa shape index (κ2) is 3.48. The molecule has 0 radical (unpaired) electrons. The summed E-state index contributed by atoms with van der Waals surface area (Å²) in [7, 11) is 0. The normalized spacial score (nSPS) is 10.9. The van der Waals surface area contributed by atoms with Gasteiger partial charge in [-0.3, -0.25) is 0 Å². The molecule has 0 aliphatic rings. The quantitative estimate of drug-likeness (QED) is 0.778. The summed E-state index contributed by atoms with van der Waals surface area (Å²) >= 11 is 10.6. The van der Waals surface area contributed by atoms with Crippen LogP contribution in [0.3, 0.4) is 0 Å². The van der Waals surface area contributed by atoms with Crippen molar-refractivity contribution in [1.29, 1.82) is 0 Å². The molecule has 1 nitrogen and oxygen atoms in total. The molecule has 0 amide bonds.